The molecule has 0 radical (unpaired) electrons. The monoisotopic (exact) mass is 264 g/mol. The average molecular weight is 264 g/mol. The molecule has 0 heterocycles. The first-order chi connectivity index (χ1) is 9.09. The maximum absolute atomic E-state index is 11.0. The van der Waals surface area contributed by atoms with Crippen LogP contribution in [0.2, 0.25) is 0 Å². The van der Waals surface area contributed by atoms with Crippen LogP contribution in [0, 0.1) is 0 Å². The van der Waals surface area contributed by atoms with Crippen molar-refractivity contribution >= 4 is 11.9 Å². The van der Waals surface area contributed by atoms with Crippen LogP contribution < -0.4 is 11.1 Å². The molecule has 0 saturated heterocycles. The smallest absolute Gasteiger partial charge is 0.320 e. The van der Waals surface area contributed by atoms with Crippen LogP contribution in [0.4, 0.5) is 0 Å². The Bertz CT molecular complexity index is 406. The largest absolute Gasteiger partial charge is 0.480 e. The van der Waals surface area contributed by atoms with E-state index in [1.54, 1.807) is 0 Å². The molecule has 1 rings (SSSR count). The summed E-state index contributed by atoms with van der Waals surface area (Å²) in [5, 5.41) is 11.9. The highest BCUT2D eigenvalue weighted by Gasteiger charge is 2.16. The summed E-state index contributed by atoms with van der Waals surface area (Å²) in [7, 11) is 0. The Labute approximate surface area is 112 Å². The van der Waals surface area contributed by atoms with E-state index < -0.39 is 17.9 Å². The first-order valence-electron chi connectivity index (χ1n) is 6.38. The summed E-state index contributed by atoms with van der Waals surface area (Å²) in [4.78, 5) is 21.6. The number of primary amides is 1. The zero-order chi connectivity index (χ0) is 14.1. The third-order valence-electron chi connectivity index (χ3n) is 2.85. The van der Waals surface area contributed by atoms with E-state index in [1.807, 2.05) is 30.3 Å². The van der Waals surface area contributed by atoms with Gasteiger partial charge >= 0.3 is 5.97 Å². The summed E-state index contributed by atoms with van der Waals surface area (Å²) in [6.45, 7) is 0.602. The lowest BCUT2D eigenvalue weighted by Crippen LogP contribution is -2.38. The lowest BCUT2D eigenvalue weighted by Gasteiger charge is -2.13. The minimum atomic E-state index is -0.944. The molecule has 1 amide bonds. The molecule has 0 aliphatic carbocycles. The number of nitrogens with two attached hydrogens (primary N) is 1. The second kappa shape index (κ2) is 8.26. The van der Waals surface area contributed by atoms with Crippen LogP contribution in [0.5, 0.6) is 0 Å². The van der Waals surface area contributed by atoms with E-state index in [4.69, 9.17) is 10.8 Å². The van der Waals surface area contributed by atoms with Gasteiger partial charge in [-0.2, -0.15) is 0 Å². The van der Waals surface area contributed by atoms with Crippen LogP contribution in [0.25, 0.3) is 0 Å². The Kier molecular flexibility index (Phi) is 6.60. The van der Waals surface area contributed by atoms with Crippen LogP contribution in [0.15, 0.2) is 30.3 Å². The zero-order valence-corrected chi connectivity index (χ0v) is 10.8. The summed E-state index contributed by atoms with van der Waals surface area (Å²) in [6, 6.07) is 9.31. The van der Waals surface area contributed by atoms with Gasteiger partial charge in [0.15, 0.2) is 0 Å². The molecule has 104 valence electrons. The highest BCUT2D eigenvalue weighted by molar-refractivity contribution is 5.77. The Morgan fingerprint density at radius 3 is 2.53 bits per heavy atom. The molecule has 0 saturated carbocycles. The van der Waals surface area contributed by atoms with Gasteiger partial charge in [0.05, 0.1) is 0 Å². The molecule has 0 unspecified atom stereocenters. The van der Waals surface area contributed by atoms with E-state index in [0.717, 1.165) is 12.8 Å². The molecule has 0 fully saturated rings. The minimum absolute atomic E-state index is 0.0860. The van der Waals surface area contributed by atoms with Crippen molar-refractivity contribution in [3.8, 4) is 0 Å². The molecule has 5 heteroatoms. The Balaban J connectivity index is 2.24. The van der Waals surface area contributed by atoms with Crippen molar-refractivity contribution in [3.05, 3.63) is 35.9 Å². The molecule has 19 heavy (non-hydrogen) atoms. The minimum Gasteiger partial charge on any atom is -0.480 e. The van der Waals surface area contributed by atoms with Crippen LogP contribution in [0.3, 0.4) is 0 Å². The van der Waals surface area contributed by atoms with E-state index >= 15 is 0 Å². The van der Waals surface area contributed by atoms with Gasteiger partial charge < -0.3 is 16.2 Å². The molecule has 0 aliphatic rings. The van der Waals surface area contributed by atoms with E-state index in [2.05, 4.69) is 5.32 Å². The van der Waals surface area contributed by atoms with E-state index in [9.17, 15) is 9.59 Å². The fourth-order valence-corrected chi connectivity index (χ4v) is 1.81. The summed E-state index contributed by atoms with van der Waals surface area (Å²) < 4.78 is 0. The lowest BCUT2D eigenvalue weighted by molar-refractivity contribution is -0.139. The van der Waals surface area contributed by atoms with Crippen molar-refractivity contribution in [2.75, 3.05) is 6.54 Å². The SMILES string of the molecule is NC(=O)CC[C@H](NCCCc1ccccc1)C(=O)O. The van der Waals surface area contributed by atoms with Crippen LogP contribution in [-0.2, 0) is 16.0 Å². The van der Waals surface area contributed by atoms with Crippen molar-refractivity contribution in [3.63, 3.8) is 0 Å². The van der Waals surface area contributed by atoms with E-state index in [1.165, 1.54) is 5.56 Å². The van der Waals surface area contributed by atoms with Crippen molar-refractivity contribution in [1.82, 2.24) is 5.32 Å². The maximum atomic E-state index is 11.0. The van der Waals surface area contributed by atoms with Gasteiger partial charge in [0, 0.05) is 6.42 Å². The predicted octanol–water partition coefficient (Wildman–Crippen LogP) is 0.927. The number of amides is 1. The third-order valence-corrected chi connectivity index (χ3v) is 2.85. The van der Waals surface area contributed by atoms with Crippen molar-refractivity contribution in [2.45, 2.75) is 31.7 Å². The summed E-state index contributed by atoms with van der Waals surface area (Å²) in [5.41, 5.74) is 6.24. The van der Waals surface area contributed by atoms with Crippen LogP contribution >= 0.6 is 0 Å². The standard InChI is InChI=1S/C14H20N2O3/c15-13(17)9-8-12(14(18)19)16-10-4-7-11-5-2-1-3-6-11/h1-3,5-6,12,16H,4,7-10H2,(H2,15,17)(H,18,19)/t12-/m0/s1. The number of rotatable bonds is 9. The number of aryl methyl sites for hydroxylation is 1. The number of carbonyl (C=O) groups is 2. The van der Waals surface area contributed by atoms with Crippen molar-refractivity contribution in [1.29, 1.82) is 0 Å². The van der Waals surface area contributed by atoms with E-state index in [0.29, 0.717) is 6.54 Å². The van der Waals surface area contributed by atoms with Gasteiger partial charge in [-0.1, -0.05) is 30.3 Å². The normalized spacial score (nSPS) is 12.0. The number of hydrogen-bond donors (Lipinski definition) is 3. The summed E-state index contributed by atoms with van der Waals surface area (Å²) in [5.74, 6) is -1.42. The molecule has 1 aromatic rings. The van der Waals surface area contributed by atoms with Gasteiger partial charge in [-0.3, -0.25) is 9.59 Å². The highest BCUT2D eigenvalue weighted by Crippen LogP contribution is 2.02. The molecule has 4 N–H and O–H groups in total. The molecule has 0 aliphatic heterocycles. The molecule has 5 nitrogen and oxygen atoms in total. The maximum Gasteiger partial charge on any atom is 0.320 e. The average Bonchev–Trinajstić information content (AvgIpc) is 2.38. The Hall–Kier alpha value is -1.88. The van der Waals surface area contributed by atoms with Crippen molar-refractivity contribution in [2.24, 2.45) is 5.73 Å². The molecule has 0 bridgehead atoms. The topological polar surface area (TPSA) is 92.4 Å². The van der Waals surface area contributed by atoms with Gasteiger partial charge in [-0.15, -0.1) is 0 Å². The van der Waals surface area contributed by atoms with Gasteiger partial charge in [0.25, 0.3) is 0 Å². The number of carboxylic acids is 1. The lowest BCUT2D eigenvalue weighted by atomic mass is 10.1. The third kappa shape index (κ3) is 6.57. The first-order valence-corrected chi connectivity index (χ1v) is 6.38. The highest BCUT2D eigenvalue weighted by atomic mass is 16.4. The van der Waals surface area contributed by atoms with Gasteiger partial charge in [-0.25, -0.2) is 0 Å². The molecule has 1 aromatic carbocycles. The van der Waals surface area contributed by atoms with Gasteiger partial charge in [0.1, 0.15) is 6.04 Å². The first kappa shape index (κ1) is 15.2. The summed E-state index contributed by atoms with van der Waals surface area (Å²) >= 11 is 0. The number of benzene rings is 1. The molecule has 1 atom stereocenters. The molecular weight excluding hydrogens is 244 g/mol. The van der Waals surface area contributed by atoms with Crippen LogP contribution in [-0.4, -0.2) is 29.6 Å². The number of carboxylic acid groups (broad SMARTS) is 1. The van der Waals surface area contributed by atoms with E-state index in [-0.39, 0.29) is 12.8 Å². The quantitative estimate of drug-likeness (QED) is 0.578. The molecular formula is C14H20N2O3. The number of aliphatic carboxylic acids is 1. The van der Waals surface area contributed by atoms with Gasteiger partial charge in [-0.05, 0) is 31.4 Å². The predicted molar refractivity (Wildman–Crippen MR) is 72.6 cm³/mol. The van der Waals surface area contributed by atoms with Crippen molar-refractivity contribution < 1.29 is 14.7 Å². The number of hydrogen-bond acceptors (Lipinski definition) is 3. The Morgan fingerprint density at radius 2 is 1.95 bits per heavy atom. The number of nitrogens with one attached hydrogen (secondary N) is 1. The fraction of sp³-hybridized carbons (Fsp3) is 0.429. The second-order valence-electron chi connectivity index (χ2n) is 4.44. The van der Waals surface area contributed by atoms with Gasteiger partial charge in [0.2, 0.25) is 5.91 Å². The Morgan fingerprint density at radius 1 is 1.26 bits per heavy atom. The number of carbonyl (C=O) groups excluding carboxylic acids is 1. The van der Waals surface area contributed by atoms with Crippen LogP contribution in [0.1, 0.15) is 24.8 Å². The second-order valence-corrected chi connectivity index (χ2v) is 4.44. The fourth-order valence-electron chi connectivity index (χ4n) is 1.81. The molecule has 0 aromatic heterocycles. The zero-order valence-electron chi connectivity index (χ0n) is 10.8. The molecule has 0 spiro atoms. The summed E-state index contributed by atoms with van der Waals surface area (Å²) in [6.07, 6.45) is 2.07.